The first-order valence-corrected chi connectivity index (χ1v) is 5.76. The zero-order valence-corrected chi connectivity index (χ0v) is 10.7. The number of aliphatic hydroxyl groups is 3. The predicted molar refractivity (Wildman–Crippen MR) is 62.3 cm³/mol. The second kappa shape index (κ2) is 5.46. The maximum absolute atomic E-state index is 9.77. The van der Waals surface area contributed by atoms with E-state index in [2.05, 4.69) is 0 Å². The van der Waals surface area contributed by atoms with Crippen LogP contribution in [0.2, 0.25) is 0 Å². The molecular weight excluding hydrogens is 224 g/mol. The Balaban J connectivity index is 2.78. The molecule has 0 bridgehead atoms. The second-order valence-corrected chi connectivity index (χ2v) is 5.20. The van der Waals surface area contributed by atoms with Crippen LogP contribution < -0.4 is 0 Å². The summed E-state index contributed by atoms with van der Waals surface area (Å²) in [5.41, 5.74) is -0.506. The molecule has 3 N–H and O–H groups in total. The van der Waals surface area contributed by atoms with E-state index in [1.54, 1.807) is 19.1 Å². The quantitative estimate of drug-likeness (QED) is 0.606. The molecule has 1 rings (SSSR count). The Bertz CT molecular complexity index is 271. The van der Waals surface area contributed by atoms with Gasteiger partial charge < -0.3 is 24.8 Å². The molecule has 0 aliphatic carbocycles. The van der Waals surface area contributed by atoms with Crippen LogP contribution in [0, 0.1) is 0 Å². The highest BCUT2D eigenvalue weighted by Gasteiger charge is 2.44. The first-order valence-electron chi connectivity index (χ1n) is 5.76. The molecule has 1 aliphatic heterocycles. The number of hydrogen-bond acceptors (Lipinski definition) is 5. The van der Waals surface area contributed by atoms with Crippen LogP contribution in [0.3, 0.4) is 0 Å². The van der Waals surface area contributed by atoms with Gasteiger partial charge in [-0.05, 0) is 27.7 Å². The first-order chi connectivity index (χ1) is 7.76. The van der Waals surface area contributed by atoms with E-state index in [1.165, 1.54) is 0 Å². The molecule has 0 amide bonds. The topological polar surface area (TPSA) is 79.2 Å². The summed E-state index contributed by atoms with van der Waals surface area (Å²) < 4.78 is 10.9. The van der Waals surface area contributed by atoms with Crippen molar-refractivity contribution < 1.29 is 24.8 Å². The van der Waals surface area contributed by atoms with Crippen LogP contribution in [0.4, 0.5) is 0 Å². The van der Waals surface area contributed by atoms with Gasteiger partial charge in [-0.1, -0.05) is 12.2 Å². The normalized spacial score (nSPS) is 39.8. The van der Waals surface area contributed by atoms with E-state index >= 15 is 0 Å². The molecule has 17 heavy (non-hydrogen) atoms. The summed E-state index contributed by atoms with van der Waals surface area (Å²) in [5.74, 6) is 0. The lowest BCUT2D eigenvalue weighted by atomic mass is 9.98. The maximum Gasteiger partial charge on any atom is 0.187 e. The van der Waals surface area contributed by atoms with Crippen molar-refractivity contribution in [1.29, 1.82) is 0 Å². The Morgan fingerprint density at radius 1 is 1.06 bits per heavy atom. The smallest absolute Gasteiger partial charge is 0.187 e. The highest BCUT2D eigenvalue weighted by molar-refractivity contribution is 4.99. The molecule has 5 nitrogen and oxygen atoms in total. The van der Waals surface area contributed by atoms with Crippen LogP contribution in [0.25, 0.3) is 0 Å². The van der Waals surface area contributed by atoms with Gasteiger partial charge in [-0.15, -0.1) is 0 Å². The molecular formula is C12H22O5. The van der Waals surface area contributed by atoms with Crippen molar-refractivity contribution in [2.24, 2.45) is 0 Å². The van der Waals surface area contributed by atoms with E-state index in [0.717, 1.165) is 0 Å². The van der Waals surface area contributed by atoms with Gasteiger partial charge in [-0.2, -0.15) is 0 Å². The minimum Gasteiger partial charge on any atom is -0.387 e. The molecule has 0 aromatic heterocycles. The summed E-state index contributed by atoms with van der Waals surface area (Å²) in [6, 6.07) is 0. The molecule has 0 unspecified atom stereocenters. The first kappa shape index (κ1) is 14.6. The van der Waals surface area contributed by atoms with Gasteiger partial charge in [0.2, 0.25) is 0 Å². The van der Waals surface area contributed by atoms with Crippen molar-refractivity contribution in [3.63, 3.8) is 0 Å². The number of rotatable bonds is 2. The summed E-state index contributed by atoms with van der Waals surface area (Å²) in [6.07, 6.45) is -1.98. The minimum atomic E-state index is -1.28. The fourth-order valence-electron chi connectivity index (χ4n) is 1.67. The van der Waals surface area contributed by atoms with Gasteiger partial charge in [0.1, 0.15) is 24.4 Å². The number of ether oxygens (including phenoxy) is 2. The van der Waals surface area contributed by atoms with Gasteiger partial charge in [0.15, 0.2) is 6.29 Å². The molecule has 1 saturated heterocycles. The van der Waals surface area contributed by atoms with Gasteiger partial charge in [0.25, 0.3) is 0 Å². The van der Waals surface area contributed by atoms with E-state index in [4.69, 9.17) is 9.47 Å². The molecule has 100 valence electrons. The predicted octanol–water partition coefficient (Wildman–Crippen LogP) is 0.185. The fourth-order valence-corrected chi connectivity index (χ4v) is 1.67. The van der Waals surface area contributed by atoms with Crippen molar-refractivity contribution in [3.05, 3.63) is 12.2 Å². The number of allylic oxidation sites excluding steroid dienone is 1. The molecule has 5 heteroatoms. The van der Waals surface area contributed by atoms with Gasteiger partial charge in [-0.3, -0.25) is 0 Å². The molecule has 5 atom stereocenters. The summed E-state index contributed by atoms with van der Waals surface area (Å²) in [5, 5.41) is 29.2. The molecule has 1 fully saturated rings. The Kier molecular flexibility index (Phi) is 4.69. The molecule has 1 heterocycles. The third-order valence-electron chi connectivity index (χ3n) is 2.46. The van der Waals surface area contributed by atoms with E-state index in [-0.39, 0.29) is 0 Å². The van der Waals surface area contributed by atoms with Crippen molar-refractivity contribution in [1.82, 2.24) is 0 Å². The maximum atomic E-state index is 9.77. The van der Waals surface area contributed by atoms with E-state index in [0.29, 0.717) is 0 Å². The average Bonchev–Trinajstić information content (AvgIpc) is 2.20. The molecule has 0 spiro atoms. The SMILES string of the molecule is CC=C[C@H]1O[C@H](OC(C)(C)C)[C@@H](O)[C@@H](O)[C@@H]1O. The zero-order chi connectivity index (χ0) is 13.2. The third kappa shape index (κ3) is 3.76. The van der Waals surface area contributed by atoms with Gasteiger partial charge >= 0.3 is 0 Å². The summed E-state index contributed by atoms with van der Waals surface area (Å²) >= 11 is 0. The van der Waals surface area contributed by atoms with Crippen LogP contribution >= 0.6 is 0 Å². The highest BCUT2D eigenvalue weighted by atomic mass is 16.7. The molecule has 0 radical (unpaired) electrons. The van der Waals surface area contributed by atoms with Crippen LogP contribution in [0.1, 0.15) is 27.7 Å². The average molecular weight is 246 g/mol. The molecule has 0 aromatic carbocycles. The largest absolute Gasteiger partial charge is 0.387 e. The van der Waals surface area contributed by atoms with Crippen LogP contribution in [0.5, 0.6) is 0 Å². The van der Waals surface area contributed by atoms with Crippen molar-refractivity contribution in [2.45, 2.75) is 64.0 Å². The monoisotopic (exact) mass is 246 g/mol. The van der Waals surface area contributed by atoms with E-state index in [1.807, 2.05) is 20.8 Å². The van der Waals surface area contributed by atoms with Crippen molar-refractivity contribution >= 4 is 0 Å². The van der Waals surface area contributed by atoms with E-state index in [9.17, 15) is 15.3 Å². The van der Waals surface area contributed by atoms with Crippen LogP contribution in [-0.2, 0) is 9.47 Å². The zero-order valence-electron chi connectivity index (χ0n) is 10.7. The van der Waals surface area contributed by atoms with Crippen LogP contribution in [-0.4, -0.2) is 51.6 Å². The standard InChI is InChI=1S/C12H22O5/c1-5-6-7-8(13)9(14)10(15)11(16-7)17-12(2,3)4/h5-11,13-15H,1-4H3/t7-,8-,9+,10+,11-/m1/s1. The third-order valence-corrected chi connectivity index (χ3v) is 2.46. The van der Waals surface area contributed by atoms with Gasteiger partial charge in [-0.25, -0.2) is 0 Å². The second-order valence-electron chi connectivity index (χ2n) is 5.20. The Morgan fingerprint density at radius 3 is 2.12 bits per heavy atom. The van der Waals surface area contributed by atoms with Gasteiger partial charge in [0, 0.05) is 0 Å². The van der Waals surface area contributed by atoms with E-state index < -0.39 is 36.3 Å². The Hall–Kier alpha value is -0.460. The number of hydrogen-bond donors (Lipinski definition) is 3. The molecule has 0 aromatic rings. The van der Waals surface area contributed by atoms with Crippen LogP contribution in [0.15, 0.2) is 12.2 Å². The summed E-state index contributed by atoms with van der Waals surface area (Å²) in [6.45, 7) is 7.26. The summed E-state index contributed by atoms with van der Waals surface area (Å²) in [7, 11) is 0. The fraction of sp³-hybridized carbons (Fsp3) is 0.833. The lowest BCUT2D eigenvalue weighted by molar-refractivity contribution is -0.309. The van der Waals surface area contributed by atoms with Crippen molar-refractivity contribution in [2.75, 3.05) is 0 Å². The minimum absolute atomic E-state index is 0.506. The lowest BCUT2D eigenvalue weighted by Crippen LogP contribution is -2.58. The van der Waals surface area contributed by atoms with Crippen molar-refractivity contribution in [3.8, 4) is 0 Å². The lowest BCUT2D eigenvalue weighted by Gasteiger charge is -2.41. The number of aliphatic hydroxyl groups excluding tert-OH is 3. The highest BCUT2D eigenvalue weighted by Crippen LogP contribution is 2.26. The summed E-state index contributed by atoms with van der Waals surface area (Å²) in [4.78, 5) is 0. The molecule has 0 saturated carbocycles. The van der Waals surface area contributed by atoms with Gasteiger partial charge in [0.05, 0.1) is 5.60 Å². The Labute approximate surface area is 102 Å². The molecule has 1 aliphatic rings. The Morgan fingerprint density at radius 2 is 1.65 bits per heavy atom.